The van der Waals surface area contributed by atoms with Crippen molar-refractivity contribution in [2.75, 3.05) is 30.1 Å². The number of aromatic hydroxyl groups is 1. The van der Waals surface area contributed by atoms with Crippen molar-refractivity contribution in [3.63, 3.8) is 0 Å². The number of anilines is 2. The number of nitrogens with one attached hydrogen (secondary N) is 2. The fourth-order valence-electron chi connectivity index (χ4n) is 2.13. The fourth-order valence-corrected chi connectivity index (χ4v) is 3.94. The minimum absolute atomic E-state index is 0.103. The van der Waals surface area contributed by atoms with Crippen molar-refractivity contribution in [3.05, 3.63) is 40.7 Å². The molecule has 0 saturated carbocycles. The van der Waals surface area contributed by atoms with E-state index in [1.54, 1.807) is 0 Å². The quantitative estimate of drug-likeness (QED) is 0.592. The molecular weight excluding hydrogens is 360 g/mol. The maximum Gasteiger partial charge on any atom is 0.253 e. The third-order valence-corrected chi connectivity index (χ3v) is 5.56. The molecule has 25 heavy (non-hydrogen) atoms. The molecule has 3 N–H and O–H groups in total. The normalized spacial score (nSPS) is 10.8. The molecule has 7 nitrogen and oxygen atoms in total. The predicted octanol–water partition coefficient (Wildman–Crippen LogP) is 2.49. The van der Waals surface area contributed by atoms with Gasteiger partial charge in [0.1, 0.15) is 10.4 Å². The van der Waals surface area contributed by atoms with Crippen molar-refractivity contribution in [1.82, 2.24) is 9.97 Å². The molecule has 0 fully saturated rings. The van der Waals surface area contributed by atoms with Crippen LogP contribution in [0.15, 0.2) is 39.5 Å². The summed E-state index contributed by atoms with van der Waals surface area (Å²) in [5.74, 6) is -0.0756. The highest BCUT2D eigenvalue weighted by Gasteiger charge is 2.12. The Kier molecular flexibility index (Phi) is 4.95. The summed E-state index contributed by atoms with van der Waals surface area (Å²) in [7, 11) is 3.90. The molecule has 0 spiro atoms. The molecular formula is C16H16N4O3S2. The number of benzene rings is 1. The van der Waals surface area contributed by atoms with Crippen LogP contribution in [0.4, 0.5) is 11.4 Å². The van der Waals surface area contributed by atoms with E-state index < -0.39 is 5.56 Å². The lowest BCUT2D eigenvalue weighted by Gasteiger charge is -2.12. The van der Waals surface area contributed by atoms with Crippen LogP contribution in [0.3, 0.4) is 0 Å². The zero-order valence-electron chi connectivity index (χ0n) is 13.6. The number of carbonyl (C=O) groups is 1. The number of thioether (sulfide) groups is 1. The molecule has 1 amide bonds. The van der Waals surface area contributed by atoms with E-state index in [1.807, 2.05) is 43.3 Å². The molecule has 0 unspecified atom stereocenters. The summed E-state index contributed by atoms with van der Waals surface area (Å²) in [4.78, 5) is 32.2. The van der Waals surface area contributed by atoms with Crippen molar-refractivity contribution in [2.24, 2.45) is 0 Å². The van der Waals surface area contributed by atoms with Crippen LogP contribution in [0.2, 0.25) is 0 Å². The summed E-state index contributed by atoms with van der Waals surface area (Å²) in [6.45, 7) is 0. The molecule has 3 rings (SSSR count). The monoisotopic (exact) mass is 376 g/mol. The Hall–Kier alpha value is -2.52. The van der Waals surface area contributed by atoms with Crippen LogP contribution in [0, 0.1) is 0 Å². The molecule has 2 heterocycles. The second kappa shape index (κ2) is 7.16. The lowest BCUT2D eigenvalue weighted by Crippen LogP contribution is -2.14. The number of hydrogen-bond acceptors (Lipinski definition) is 7. The van der Waals surface area contributed by atoms with Crippen molar-refractivity contribution in [2.45, 2.75) is 4.34 Å². The van der Waals surface area contributed by atoms with Gasteiger partial charge >= 0.3 is 0 Å². The van der Waals surface area contributed by atoms with Crippen LogP contribution >= 0.6 is 23.1 Å². The molecule has 2 aromatic heterocycles. The number of carbonyl (C=O) groups excluding carboxylic acids is 1. The summed E-state index contributed by atoms with van der Waals surface area (Å²) in [5.41, 5.74) is 1.70. The first-order valence-electron chi connectivity index (χ1n) is 7.35. The summed E-state index contributed by atoms with van der Waals surface area (Å²) in [5, 5.41) is 12.6. The van der Waals surface area contributed by atoms with Crippen LogP contribution in [-0.4, -0.2) is 40.8 Å². The Morgan fingerprint density at radius 2 is 2.08 bits per heavy atom. The average molecular weight is 376 g/mol. The van der Waals surface area contributed by atoms with E-state index in [0.717, 1.165) is 17.4 Å². The van der Waals surface area contributed by atoms with E-state index in [4.69, 9.17) is 0 Å². The highest BCUT2D eigenvalue weighted by molar-refractivity contribution is 8.01. The zero-order chi connectivity index (χ0) is 18.0. The standard InChI is InChI=1S/C16H16N4O3S2/c1-20(2)10-5-3-9(4-6-10)17-13(23)8-24-16-19-15-14(25-16)11(21)7-12(22)18-15/h3-7H,8H2,1-2H3,(H,17,23)(H2,18,21,22). The first-order chi connectivity index (χ1) is 11.9. The Morgan fingerprint density at radius 3 is 2.76 bits per heavy atom. The number of nitrogens with zero attached hydrogens (tertiary/aromatic N) is 2. The molecule has 0 saturated heterocycles. The van der Waals surface area contributed by atoms with Gasteiger partial charge in [-0.2, -0.15) is 0 Å². The van der Waals surface area contributed by atoms with Crippen molar-refractivity contribution >= 4 is 50.7 Å². The number of aromatic nitrogens is 2. The number of hydrogen-bond donors (Lipinski definition) is 3. The predicted molar refractivity (Wildman–Crippen MR) is 102 cm³/mol. The number of pyridine rings is 1. The third kappa shape index (κ3) is 4.12. The summed E-state index contributed by atoms with van der Waals surface area (Å²) < 4.78 is 1.10. The summed E-state index contributed by atoms with van der Waals surface area (Å²) in [6, 6.07) is 8.65. The van der Waals surface area contributed by atoms with Gasteiger partial charge in [0.25, 0.3) is 5.56 Å². The lowest BCUT2D eigenvalue weighted by atomic mass is 10.2. The van der Waals surface area contributed by atoms with Crippen LogP contribution in [-0.2, 0) is 4.79 Å². The average Bonchev–Trinajstić information content (AvgIpc) is 2.97. The molecule has 0 aliphatic carbocycles. The maximum absolute atomic E-state index is 12.1. The summed E-state index contributed by atoms with van der Waals surface area (Å²) >= 11 is 2.48. The number of rotatable bonds is 5. The largest absolute Gasteiger partial charge is 0.506 e. The molecule has 3 aromatic rings. The van der Waals surface area contributed by atoms with E-state index in [0.29, 0.717) is 14.7 Å². The van der Waals surface area contributed by atoms with Gasteiger partial charge in [0.2, 0.25) is 5.91 Å². The van der Waals surface area contributed by atoms with E-state index >= 15 is 0 Å². The summed E-state index contributed by atoms with van der Waals surface area (Å²) in [6.07, 6.45) is 0. The smallest absolute Gasteiger partial charge is 0.253 e. The molecule has 0 aliphatic heterocycles. The first kappa shape index (κ1) is 17.3. The van der Waals surface area contributed by atoms with Gasteiger partial charge in [0.15, 0.2) is 9.99 Å². The topological polar surface area (TPSA) is 98.3 Å². The minimum Gasteiger partial charge on any atom is -0.506 e. The van der Waals surface area contributed by atoms with Gasteiger partial charge in [-0.15, -0.1) is 11.3 Å². The van der Waals surface area contributed by atoms with Crippen molar-refractivity contribution in [3.8, 4) is 5.75 Å². The SMILES string of the molecule is CN(C)c1ccc(NC(=O)CSc2nc3[nH]c(=O)cc(O)c3s2)cc1. The maximum atomic E-state index is 12.1. The van der Waals surface area contributed by atoms with Crippen LogP contribution in [0.5, 0.6) is 5.75 Å². The molecule has 0 aliphatic rings. The third-order valence-electron chi connectivity index (χ3n) is 3.34. The minimum atomic E-state index is -0.411. The lowest BCUT2D eigenvalue weighted by molar-refractivity contribution is -0.113. The van der Waals surface area contributed by atoms with Gasteiger partial charge < -0.3 is 20.3 Å². The number of fused-ring (bicyclic) bond motifs is 1. The van der Waals surface area contributed by atoms with Crippen LogP contribution in [0.1, 0.15) is 0 Å². The highest BCUT2D eigenvalue weighted by atomic mass is 32.2. The van der Waals surface area contributed by atoms with Gasteiger partial charge in [-0.1, -0.05) is 11.8 Å². The van der Waals surface area contributed by atoms with Gasteiger partial charge in [-0.25, -0.2) is 4.98 Å². The second-order valence-corrected chi connectivity index (χ2v) is 7.68. The molecule has 0 bridgehead atoms. The van der Waals surface area contributed by atoms with E-state index in [1.165, 1.54) is 23.1 Å². The molecule has 0 atom stereocenters. The van der Waals surface area contributed by atoms with E-state index in [2.05, 4.69) is 15.3 Å². The number of H-pyrrole nitrogens is 1. The van der Waals surface area contributed by atoms with Gasteiger partial charge in [-0.3, -0.25) is 9.59 Å². The molecule has 1 aromatic carbocycles. The van der Waals surface area contributed by atoms with Gasteiger partial charge in [-0.05, 0) is 24.3 Å². The number of thiazole rings is 1. The fraction of sp³-hybridized carbons (Fsp3) is 0.188. The molecule has 130 valence electrons. The highest BCUT2D eigenvalue weighted by Crippen LogP contribution is 2.32. The number of aromatic amines is 1. The Bertz CT molecular complexity index is 964. The second-order valence-electron chi connectivity index (χ2n) is 5.45. The van der Waals surface area contributed by atoms with Gasteiger partial charge in [0, 0.05) is 31.5 Å². The van der Waals surface area contributed by atoms with E-state index in [-0.39, 0.29) is 17.4 Å². The van der Waals surface area contributed by atoms with Crippen molar-refractivity contribution < 1.29 is 9.90 Å². The molecule has 9 heteroatoms. The Labute approximate surface area is 151 Å². The molecule has 0 radical (unpaired) electrons. The van der Waals surface area contributed by atoms with Crippen molar-refractivity contribution in [1.29, 1.82) is 0 Å². The number of amides is 1. The van der Waals surface area contributed by atoms with Crippen LogP contribution in [0.25, 0.3) is 10.3 Å². The van der Waals surface area contributed by atoms with E-state index in [9.17, 15) is 14.7 Å². The Balaban J connectivity index is 1.62. The van der Waals surface area contributed by atoms with Crippen LogP contribution < -0.4 is 15.8 Å². The first-order valence-corrected chi connectivity index (χ1v) is 9.15. The zero-order valence-corrected chi connectivity index (χ0v) is 15.2. The Morgan fingerprint density at radius 1 is 1.36 bits per heavy atom. The van der Waals surface area contributed by atoms with Gasteiger partial charge in [0.05, 0.1) is 5.75 Å².